The quantitative estimate of drug-likeness (QED) is 0.592. The standard InChI is InChI=1S/C16H29NS/c1-4-5-6-7-13-17-14(2)9-8-10-16-12-11-15(3)18-16/h11-12,14,17H,4-10,13H2,1-3H3. The summed E-state index contributed by atoms with van der Waals surface area (Å²) in [5.74, 6) is 0. The predicted octanol–water partition coefficient (Wildman–Crippen LogP) is 4.94. The summed E-state index contributed by atoms with van der Waals surface area (Å²) >= 11 is 1.95. The van der Waals surface area contributed by atoms with Crippen molar-refractivity contribution in [3.63, 3.8) is 0 Å². The van der Waals surface area contributed by atoms with E-state index in [2.05, 4.69) is 38.2 Å². The van der Waals surface area contributed by atoms with Crippen LogP contribution in [-0.2, 0) is 6.42 Å². The molecule has 0 aliphatic carbocycles. The van der Waals surface area contributed by atoms with E-state index in [-0.39, 0.29) is 0 Å². The minimum Gasteiger partial charge on any atom is -0.314 e. The van der Waals surface area contributed by atoms with Crippen molar-refractivity contribution in [1.82, 2.24) is 5.32 Å². The third-order valence-electron chi connectivity index (χ3n) is 3.38. The first kappa shape index (κ1) is 15.7. The van der Waals surface area contributed by atoms with E-state index in [0.29, 0.717) is 6.04 Å². The van der Waals surface area contributed by atoms with Gasteiger partial charge in [0.25, 0.3) is 0 Å². The molecule has 1 N–H and O–H groups in total. The van der Waals surface area contributed by atoms with Crippen LogP contribution in [0.3, 0.4) is 0 Å². The van der Waals surface area contributed by atoms with E-state index in [1.54, 1.807) is 4.88 Å². The summed E-state index contributed by atoms with van der Waals surface area (Å²) in [5, 5.41) is 3.64. The normalized spacial score (nSPS) is 12.8. The average molecular weight is 267 g/mol. The number of hydrogen-bond donors (Lipinski definition) is 1. The van der Waals surface area contributed by atoms with Gasteiger partial charge in [0.05, 0.1) is 0 Å². The van der Waals surface area contributed by atoms with Crippen LogP contribution < -0.4 is 5.32 Å². The second-order valence-electron chi connectivity index (χ2n) is 5.32. The second kappa shape index (κ2) is 9.57. The Morgan fingerprint density at radius 3 is 2.67 bits per heavy atom. The highest BCUT2D eigenvalue weighted by atomic mass is 32.1. The molecule has 104 valence electrons. The number of rotatable bonds is 10. The Morgan fingerprint density at radius 1 is 1.17 bits per heavy atom. The van der Waals surface area contributed by atoms with Gasteiger partial charge in [0.1, 0.15) is 0 Å². The van der Waals surface area contributed by atoms with E-state index in [0.717, 1.165) is 0 Å². The maximum Gasteiger partial charge on any atom is 0.00480 e. The van der Waals surface area contributed by atoms with Crippen molar-refractivity contribution in [3.8, 4) is 0 Å². The lowest BCUT2D eigenvalue weighted by Crippen LogP contribution is -2.26. The minimum atomic E-state index is 0.674. The Balaban J connectivity index is 1.98. The number of hydrogen-bond acceptors (Lipinski definition) is 2. The summed E-state index contributed by atoms with van der Waals surface area (Å²) in [6, 6.07) is 5.19. The Labute approximate surface area is 117 Å². The molecule has 0 radical (unpaired) electrons. The van der Waals surface area contributed by atoms with Crippen molar-refractivity contribution >= 4 is 11.3 Å². The molecule has 1 aromatic rings. The van der Waals surface area contributed by atoms with E-state index in [1.807, 2.05) is 11.3 Å². The van der Waals surface area contributed by atoms with E-state index < -0.39 is 0 Å². The van der Waals surface area contributed by atoms with Crippen LogP contribution in [0, 0.1) is 6.92 Å². The molecule has 0 fully saturated rings. The molecule has 1 aromatic heterocycles. The van der Waals surface area contributed by atoms with Gasteiger partial charge in [-0.3, -0.25) is 0 Å². The first-order chi connectivity index (χ1) is 8.72. The summed E-state index contributed by atoms with van der Waals surface area (Å²) in [7, 11) is 0. The fourth-order valence-corrected chi connectivity index (χ4v) is 3.14. The van der Waals surface area contributed by atoms with Crippen LogP contribution >= 0.6 is 11.3 Å². The summed E-state index contributed by atoms with van der Waals surface area (Å²) in [4.78, 5) is 2.98. The van der Waals surface area contributed by atoms with Crippen LogP contribution in [0.25, 0.3) is 0 Å². The Bertz CT molecular complexity index is 306. The highest BCUT2D eigenvalue weighted by molar-refractivity contribution is 7.11. The van der Waals surface area contributed by atoms with Gasteiger partial charge in [0.15, 0.2) is 0 Å². The molecule has 0 saturated heterocycles. The van der Waals surface area contributed by atoms with Crippen LogP contribution in [0.1, 0.15) is 62.1 Å². The van der Waals surface area contributed by atoms with Crippen molar-refractivity contribution in [2.75, 3.05) is 6.54 Å². The van der Waals surface area contributed by atoms with E-state index in [4.69, 9.17) is 0 Å². The fourth-order valence-electron chi connectivity index (χ4n) is 2.20. The molecule has 0 aliphatic heterocycles. The van der Waals surface area contributed by atoms with Gasteiger partial charge in [0.2, 0.25) is 0 Å². The fraction of sp³-hybridized carbons (Fsp3) is 0.750. The number of thiophene rings is 1. The lowest BCUT2D eigenvalue weighted by Gasteiger charge is -2.13. The van der Waals surface area contributed by atoms with Crippen molar-refractivity contribution < 1.29 is 0 Å². The zero-order valence-electron chi connectivity index (χ0n) is 12.3. The Kier molecular flexibility index (Phi) is 8.36. The topological polar surface area (TPSA) is 12.0 Å². The van der Waals surface area contributed by atoms with E-state index >= 15 is 0 Å². The molecular formula is C16H29NS. The molecule has 0 bridgehead atoms. The zero-order chi connectivity index (χ0) is 13.2. The van der Waals surface area contributed by atoms with Gasteiger partial charge < -0.3 is 5.32 Å². The van der Waals surface area contributed by atoms with Crippen molar-refractivity contribution in [3.05, 3.63) is 21.9 Å². The maximum absolute atomic E-state index is 3.64. The van der Waals surface area contributed by atoms with Gasteiger partial charge >= 0.3 is 0 Å². The number of unbranched alkanes of at least 4 members (excludes halogenated alkanes) is 3. The smallest absolute Gasteiger partial charge is 0.00480 e. The van der Waals surface area contributed by atoms with Crippen LogP contribution in [-0.4, -0.2) is 12.6 Å². The van der Waals surface area contributed by atoms with Crippen LogP contribution in [0.5, 0.6) is 0 Å². The molecule has 1 atom stereocenters. The lowest BCUT2D eigenvalue weighted by molar-refractivity contribution is 0.483. The van der Waals surface area contributed by atoms with Gasteiger partial charge in [-0.2, -0.15) is 0 Å². The SMILES string of the molecule is CCCCCCNC(C)CCCc1ccc(C)s1. The molecule has 18 heavy (non-hydrogen) atoms. The molecule has 1 rings (SSSR count). The maximum atomic E-state index is 3.64. The highest BCUT2D eigenvalue weighted by Crippen LogP contribution is 2.17. The third-order valence-corrected chi connectivity index (χ3v) is 4.44. The average Bonchev–Trinajstić information content (AvgIpc) is 2.75. The molecule has 0 spiro atoms. The number of aryl methyl sites for hydroxylation is 2. The van der Waals surface area contributed by atoms with E-state index in [1.165, 1.54) is 56.4 Å². The molecule has 1 nitrogen and oxygen atoms in total. The van der Waals surface area contributed by atoms with Gasteiger partial charge in [0, 0.05) is 15.8 Å². The molecule has 2 heteroatoms. The van der Waals surface area contributed by atoms with Crippen LogP contribution in [0.2, 0.25) is 0 Å². The minimum absolute atomic E-state index is 0.674. The highest BCUT2D eigenvalue weighted by Gasteiger charge is 2.02. The molecule has 0 amide bonds. The van der Waals surface area contributed by atoms with Crippen molar-refractivity contribution in [1.29, 1.82) is 0 Å². The van der Waals surface area contributed by atoms with Gasteiger partial charge in [-0.25, -0.2) is 0 Å². The Morgan fingerprint density at radius 2 is 2.00 bits per heavy atom. The summed E-state index contributed by atoms with van der Waals surface area (Å²) in [6.45, 7) is 7.97. The summed E-state index contributed by atoms with van der Waals surface area (Å²) < 4.78 is 0. The van der Waals surface area contributed by atoms with Crippen LogP contribution in [0.4, 0.5) is 0 Å². The molecule has 0 aliphatic rings. The predicted molar refractivity (Wildman–Crippen MR) is 83.6 cm³/mol. The van der Waals surface area contributed by atoms with Crippen LogP contribution in [0.15, 0.2) is 12.1 Å². The molecule has 0 aromatic carbocycles. The van der Waals surface area contributed by atoms with Gasteiger partial charge in [-0.05, 0) is 58.2 Å². The Hall–Kier alpha value is -0.340. The monoisotopic (exact) mass is 267 g/mol. The van der Waals surface area contributed by atoms with Gasteiger partial charge in [-0.1, -0.05) is 26.2 Å². The second-order valence-corrected chi connectivity index (χ2v) is 6.69. The molecule has 1 unspecified atom stereocenters. The first-order valence-electron chi connectivity index (χ1n) is 7.51. The molecule has 1 heterocycles. The van der Waals surface area contributed by atoms with E-state index in [9.17, 15) is 0 Å². The largest absolute Gasteiger partial charge is 0.314 e. The third kappa shape index (κ3) is 7.17. The van der Waals surface area contributed by atoms with Gasteiger partial charge in [-0.15, -0.1) is 11.3 Å². The molecule has 0 saturated carbocycles. The number of nitrogens with one attached hydrogen (secondary N) is 1. The molecular weight excluding hydrogens is 238 g/mol. The first-order valence-corrected chi connectivity index (χ1v) is 8.32. The zero-order valence-corrected chi connectivity index (χ0v) is 13.1. The summed E-state index contributed by atoms with van der Waals surface area (Å²) in [5.41, 5.74) is 0. The lowest BCUT2D eigenvalue weighted by atomic mass is 10.1. The van der Waals surface area contributed by atoms with Crippen molar-refractivity contribution in [2.45, 2.75) is 71.8 Å². The van der Waals surface area contributed by atoms with Crippen molar-refractivity contribution in [2.24, 2.45) is 0 Å². The summed E-state index contributed by atoms with van der Waals surface area (Å²) in [6.07, 6.45) is 9.28.